The molecule has 0 unspecified atom stereocenters. The Morgan fingerprint density at radius 3 is 2.15 bits per heavy atom. The average molecular weight is 449 g/mol. The average Bonchev–Trinajstić information content (AvgIpc) is 2.82. The van der Waals surface area contributed by atoms with E-state index in [9.17, 15) is 9.59 Å². The van der Waals surface area contributed by atoms with E-state index in [-0.39, 0.29) is 18.2 Å². The zero-order valence-electron chi connectivity index (χ0n) is 19.2. The van der Waals surface area contributed by atoms with Crippen molar-refractivity contribution >= 4 is 23.2 Å². The van der Waals surface area contributed by atoms with E-state index in [2.05, 4.69) is 10.6 Å². The van der Waals surface area contributed by atoms with Crippen LogP contribution < -0.4 is 24.8 Å². The molecule has 0 atom stereocenters. The van der Waals surface area contributed by atoms with Gasteiger partial charge in [-0.15, -0.1) is 0 Å². The highest BCUT2D eigenvalue weighted by atomic mass is 16.5. The molecule has 0 saturated carbocycles. The van der Waals surface area contributed by atoms with Gasteiger partial charge in [0.15, 0.2) is 11.5 Å². The summed E-state index contributed by atoms with van der Waals surface area (Å²) >= 11 is 0. The van der Waals surface area contributed by atoms with Crippen LogP contribution in [0.25, 0.3) is 0 Å². The van der Waals surface area contributed by atoms with Gasteiger partial charge in [-0.25, -0.2) is 0 Å². The Hall–Kier alpha value is -4.00. The molecule has 0 fully saturated rings. The van der Waals surface area contributed by atoms with Crippen LogP contribution in [0.4, 0.5) is 11.4 Å². The number of hydrogen-bond donors (Lipinski definition) is 2. The molecule has 0 aliphatic carbocycles. The first-order valence-electron chi connectivity index (χ1n) is 10.5. The summed E-state index contributed by atoms with van der Waals surface area (Å²) < 4.78 is 16.1. The minimum absolute atomic E-state index is 0.209. The Kier molecular flexibility index (Phi) is 7.91. The first-order chi connectivity index (χ1) is 15.9. The van der Waals surface area contributed by atoms with Crippen molar-refractivity contribution in [3.63, 3.8) is 0 Å². The van der Waals surface area contributed by atoms with Crippen molar-refractivity contribution in [2.24, 2.45) is 0 Å². The van der Waals surface area contributed by atoms with Gasteiger partial charge in [0.1, 0.15) is 0 Å². The monoisotopic (exact) mass is 448 g/mol. The molecule has 0 aliphatic rings. The lowest BCUT2D eigenvalue weighted by atomic mass is 10.1. The second-order valence-corrected chi connectivity index (χ2v) is 7.45. The molecule has 0 radical (unpaired) electrons. The number of rotatable bonds is 9. The first kappa shape index (κ1) is 23.7. The lowest BCUT2D eigenvalue weighted by Crippen LogP contribution is -2.18. The number of carbonyl (C=O) groups excluding carboxylic acids is 2. The maximum atomic E-state index is 12.8. The van der Waals surface area contributed by atoms with Gasteiger partial charge in [-0.1, -0.05) is 24.3 Å². The number of carbonyl (C=O) groups is 2. The molecule has 7 heteroatoms. The normalized spacial score (nSPS) is 10.3. The fourth-order valence-corrected chi connectivity index (χ4v) is 3.46. The third-order valence-electron chi connectivity index (χ3n) is 5.09. The van der Waals surface area contributed by atoms with Crippen LogP contribution in [0.3, 0.4) is 0 Å². The van der Waals surface area contributed by atoms with Crippen molar-refractivity contribution < 1.29 is 23.8 Å². The van der Waals surface area contributed by atoms with E-state index in [0.717, 1.165) is 11.1 Å². The molecule has 0 aromatic heterocycles. The van der Waals surface area contributed by atoms with Crippen molar-refractivity contribution in [2.45, 2.75) is 19.8 Å². The summed E-state index contributed by atoms with van der Waals surface area (Å²) in [5.41, 5.74) is 3.45. The van der Waals surface area contributed by atoms with E-state index in [4.69, 9.17) is 14.2 Å². The molecule has 33 heavy (non-hydrogen) atoms. The molecule has 172 valence electrons. The lowest BCUT2D eigenvalue weighted by molar-refractivity contribution is -0.116. The quantitative estimate of drug-likeness (QED) is 0.489. The van der Waals surface area contributed by atoms with E-state index in [1.54, 1.807) is 45.6 Å². The molecule has 0 aliphatic heterocycles. The van der Waals surface area contributed by atoms with E-state index in [1.807, 2.05) is 43.3 Å². The summed E-state index contributed by atoms with van der Waals surface area (Å²) in [6.45, 7) is 1.96. The lowest BCUT2D eigenvalue weighted by Gasteiger charge is -2.14. The molecule has 3 aromatic carbocycles. The molecular weight excluding hydrogens is 420 g/mol. The highest BCUT2D eigenvalue weighted by Crippen LogP contribution is 2.38. The number of hydrogen-bond acceptors (Lipinski definition) is 5. The van der Waals surface area contributed by atoms with Gasteiger partial charge in [0, 0.05) is 12.1 Å². The van der Waals surface area contributed by atoms with E-state index in [1.165, 1.54) is 0 Å². The number of methoxy groups -OCH3 is 3. The number of aryl methyl sites for hydroxylation is 2. The van der Waals surface area contributed by atoms with Crippen LogP contribution in [-0.2, 0) is 11.2 Å². The number of amides is 2. The van der Waals surface area contributed by atoms with Gasteiger partial charge in [0.2, 0.25) is 11.7 Å². The van der Waals surface area contributed by atoms with Gasteiger partial charge >= 0.3 is 0 Å². The van der Waals surface area contributed by atoms with Crippen LogP contribution in [0.2, 0.25) is 0 Å². The Morgan fingerprint density at radius 1 is 0.818 bits per heavy atom. The summed E-state index contributed by atoms with van der Waals surface area (Å²) in [4.78, 5) is 25.5. The van der Waals surface area contributed by atoms with E-state index >= 15 is 0 Å². The van der Waals surface area contributed by atoms with Crippen molar-refractivity contribution in [3.05, 3.63) is 77.4 Å². The Bertz CT molecular complexity index is 1120. The SMILES string of the molecule is COc1cc(CCC(=O)Nc2ccccc2C(=O)Nc2cccc(C)c2)cc(OC)c1OC. The zero-order chi connectivity index (χ0) is 23.8. The van der Waals surface area contributed by atoms with Gasteiger partial charge in [0.05, 0.1) is 32.6 Å². The summed E-state index contributed by atoms with van der Waals surface area (Å²) in [5.74, 6) is 1.07. The summed E-state index contributed by atoms with van der Waals surface area (Å²) in [6.07, 6.45) is 0.673. The van der Waals surface area contributed by atoms with Crippen molar-refractivity contribution in [1.29, 1.82) is 0 Å². The Labute approximate surface area is 193 Å². The molecule has 2 N–H and O–H groups in total. The van der Waals surface area contributed by atoms with Crippen LogP contribution in [0, 0.1) is 6.92 Å². The molecule has 0 saturated heterocycles. The topological polar surface area (TPSA) is 85.9 Å². The van der Waals surface area contributed by atoms with Crippen molar-refractivity contribution in [3.8, 4) is 17.2 Å². The van der Waals surface area contributed by atoms with Crippen molar-refractivity contribution in [1.82, 2.24) is 0 Å². The fourth-order valence-electron chi connectivity index (χ4n) is 3.46. The number of para-hydroxylation sites is 1. The zero-order valence-corrected chi connectivity index (χ0v) is 19.2. The summed E-state index contributed by atoms with van der Waals surface area (Å²) in [7, 11) is 4.64. The molecule has 3 aromatic rings. The number of nitrogens with one attached hydrogen (secondary N) is 2. The Balaban J connectivity index is 1.68. The van der Waals surface area contributed by atoms with Crippen LogP contribution in [0.5, 0.6) is 17.2 Å². The molecule has 0 bridgehead atoms. The van der Waals surface area contributed by atoms with Crippen LogP contribution in [0.1, 0.15) is 27.9 Å². The summed E-state index contributed by atoms with van der Waals surface area (Å²) in [6, 6.07) is 18.1. The van der Waals surface area contributed by atoms with Gasteiger partial charge in [-0.2, -0.15) is 0 Å². The number of ether oxygens (including phenoxy) is 3. The minimum atomic E-state index is -0.291. The van der Waals surface area contributed by atoms with Gasteiger partial charge in [-0.3, -0.25) is 9.59 Å². The number of benzene rings is 3. The predicted molar refractivity (Wildman–Crippen MR) is 129 cm³/mol. The molecule has 0 heterocycles. The minimum Gasteiger partial charge on any atom is -0.493 e. The fraction of sp³-hybridized carbons (Fsp3) is 0.231. The molecule has 3 rings (SSSR count). The first-order valence-corrected chi connectivity index (χ1v) is 10.5. The summed E-state index contributed by atoms with van der Waals surface area (Å²) in [5, 5.41) is 5.73. The smallest absolute Gasteiger partial charge is 0.257 e. The predicted octanol–water partition coefficient (Wildman–Crippen LogP) is 4.84. The highest BCUT2D eigenvalue weighted by Gasteiger charge is 2.16. The second-order valence-electron chi connectivity index (χ2n) is 7.45. The third-order valence-corrected chi connectivity index (χ3v) is 5.09. The van der Waals surface area contributed by atoms with Gasteiger partial charge in [-0.05, 0) is 60.9 Å². The molecule has 2 amide bonds. The maximum absolute atomic E-state index is 12.8. The van der Waals surface area contributed by atoms with Gasteiger partial charge < -0.3 is 24.8 Å². The highest BCUT2D eigenvalue weighted by molar-refractivity contribution is 6.10. The van der Waals surface area contributed by atoms with Crippen LogP contribution in [-0.4, -0.2) is 33.1 Å². The second kappa shape index (κ2) is 11.0. The Morgan fingerprint density at radius 2 is 1.52 bits per heavy atom. The number of anilines is 2. The van der Waals surface area contributed by atoms with Crippen molar-refractivity contribution in [2.75, 3.05) is 32.0 Å². The third kappa shape index (κ3) is 6.04. The van der Waals surface area contributed by atoms with Gasteiger partial charge in [0.25, 0.3) is 5.91 Å². The van der Waals surface area contributed by atoms with Crippen LogP contribution >= 0.6 is 0 Å². The van der Waals surface area contributed by atoms with E-state index < -0.39 is 0 Å². The standard InChI is InChI=1S/C26H28N2O5/c1-17-8-7-9-19(14-17)27-26(30)20-10-5-6-11-21(20)28-24(29)13-12-18-15-22(31-2)25(33-4)23(16-18)32-3/h5-11,14-16H,12-13H2,1-4H3,(H,27,30)(H,28,29). The maximum Gasteiger partial charge on any atom is 0.257 e. The molecule has 7 nitrogen and oxygen atoms in total. The van der Waals surface area contributed by atoms with E-state index in [0.29, 0.717) is 40.6 Å². The van der Waals surface area contributed by atoms with Crippen LogP contribution in [0.15, 0.2) is 60.7 Å². The molecule has 0 spiro atoms. The largest absolute Gasteiger partial charge is 0.493 e. The molecular formula is C26H28N2O5.